The average Bonchev–Trinajstić information content (AvgIpc) is 2.37. The standard InChI is InChI=1S/C15H23NO3S/c1-11(2)14-5-7-15(8-6-14)20(17,18)16-9-12(3)19-13(4)10-16/h5-8,11-13H,9-10H2,1-4H3. The Hall–Kier alpha value is -0.910. The minimum atomic E-state index is -3.42. The van der Waals surface area contributed by atoms with Crippen LogP contribution in [0.15, 0.2) is 29.2 Å². The summed E-state index contributed by atoms with van der Waals surface area (Å²) in [4.78, 5) is 0.364. The molecule has 0 saturated carbocycles. The number of rotatable bonds is 3. The third kappa shape index (κ3) is 3.22. The second kappa shape index (κ2) is 5.84. The molecule has 112 valence electrons. The van der Waals surface area contributed by atoms with Crippen LogP contribution in [-0.4, -0.2) is 38.0 Å². The van der Waals surface area contributed by atoms with E-state index in [9.17, 15) is 8.42 Å². The molecule has 1 saturated heterocycles. The summed E-state index contributed by atoms with van der Waals surface area (Å²) in [5.74, 6) is 0.398. The summed E-state index contributed by atoms with van der Waals surface area (Å²) in [6.07, 6.45) is -0.132. The van der Waals surface area contributed by atoms with Gasteiger partial charge in [0.1, 0.15) is 0 Å². The zero-order valence-electron chi connectivity index (χ0n) is 12.5. The molecule has 0 bridgehead atoms. The van der Waals surface area contributed by atoms with Crippen molar-refractivity contribution in [1.29, 1.82) is 0 Å². The van der Waals surface area contributed by atoms with Crippen LogP contribution in [0.3, 0.4) is 0 Å². The number of nitrogens with zero attached hydrogens (tertiary/aromatic N) is 1. The summed E-state index contributed by atoms with van der Waals surface area (Å²) in [6, 6.07) is 7.20. The summed E-state index contributed by atoms with van der Waals surface area (Å²) in [7, 11) is -3.42. The number of sulfonamides is 1. The molecule has 0 amide bonds. The van der Waals surface area contributed by atoms with Crippen LogP contribution in [0.1, 0.15) is 39.2 Å². The molecular formula is C15H23NO3S. The second-order valence-corrected chi connectivity index (χ2v) is 7.74. The molecule has 0 radical (unpaired) electrons. The third-order valence-corrected chi connectivity index (χ3v) is 5.42. The first-order valence-corrected chi connectivity index (χ1v) is 8.50. The maximum atomic E-state index is 12.6. The normalized spacial score (nSPS) is 25.1. The van der Waals surface area contributed by atoms with Gasteiger partial charge in [0, 0.05) is 13.1 Å². The van der Waals surface area contributed by atoms with Crippen LogP contribution in [0.5, 0.6) is 0 Å². The van der Waals surface area contributed by atoms with E-state index in [0.717, 1.165) is 5.56 Å². The highest BCUT2D eigenvalue weighted by molar-refractivity contribution is 7.89. The highest BCUT2D eigenvalue weighted by atomic mass is 32.2. The van der Waals surface area contributed by atoms with E-state index in [0.29, 0.717) is 23.9 Å². The van der Waals surface area contributed by atoms with Gasteiger partial charge in [-0.2, -0.15) is 4.31 Å². The van der Waals surface area contributed by atoms with E-state index in [-0.39, 0.29) is 12.2 Å². The molecule has 1 heterocycles. The average molecular weight is 297 g/mol. The molecule has 1 aromatic carbocycles. The van der Waals surface area contributed by atoms with Gasteiger partial charge in [0.25, 0.3) is 0 Å². The number of hydrogen-bond donors (Lipinski definition) is 0. The first-order chi connectivity index (χ1) is 9.30. The van der Waals surface area contributed by atoms with E-state index in [4.69, 9.17) is 4.74 Å². The summed E-state index contributed by atoms with van der Waals surface area (Å²) >= 11 is 0. The molecule has 1 aliphatic heterocycles. The summed E-state index contributed by atoms with van der Waals surface area (Å²) < 4.78 is 32.4. The smallest absolute Gasteiger partial charge is 0.243 e. The number of morpholine rings is 1. The molecule has 0 N–H and O–H groups in total. The van der Waals surface area contributed by atoms with Gasteiger partial charge in [0.15, 0.2) is 0 Å². The second-order valence-electron chi connectivity index (χ2n) is 5.80. The number of ether oxygens (including phenoxy) is 1. The number of benzene rings is 1. The van der Waals surface area contributed by atoms with Gasteiger partial charge in [0.2, 0.25) is 10.0 Å². The van der Waals surface area contributed by atoms with Crippen LogP contribution < -0.4 is 0 Å². The minimum Gasteiger partial charge on any atom is -0.373 e. The molecule has 4 nitrogen and oxygen atoms in total. The first-order valence-electron chi connectivity index (χ1n) is 7.06. The molecule has 0 aliphatic carbocycles. The lowest BCUT2D eigenvalue weighted by atomic mass is 10.0. The monoisotopic (exact) mass is 297 g/mol. The topological polar surface area (TPSA) is 46.6 Å². The highest BCUT2D eigenvalue weighted by Crippen LogP contribution is 2.23. The van der Waals surface area contributed by atoms with Crippen molar-refractivity contribution >= 4 is 10.0 Å². The van der Waals surface area contributed by atoms with Gasteiger partial charge in [-0.1, -0.05) is 26.0 Å². The van der Waals surface area contributed by atoms with E-state index >= 15 is 0 Å². The maximum Gasteiger partial charge on any atom is 0.243 e. The van der Waals surface area contributed by atoms with Crippen molar-refractivity contribution in [2.45, 2.75) is 50.7 Å². The zero-order valence-corrected chi connectivity index (χ0v) is 13.4. The highest BCUT2D eigenvalue weighted by Gasteiger charge is 2.32. The van der Waals surface area contributed by atoms with Gasteiger partial charge in [-0.05, 0) is 37.5 Å². The van der Waals surface area contributed by atoms with Crippen molar-refractivity contribution in [3.63, 3.8) is 0 Å². The van der Waals surface area contributed by atoms with Crippen molar-refractivity contribution < 1.29 is 13.2 Å². The lowest BCUT2D eigenvalue weighted by molar-refractivity contribution is -0.0440. The van der Waals surface area contributed by atoms with Crippen molar-refractivity contribution in [2.24, 2.45) is 0 Å². The Morgan fingerprint density at radius 2 is 1.60 bits per heavy atom. The first kappa shape index (κ1) is 15.5. The molecule has 1 fully saturated rings. The van der Waals surface area contributed by atoms with E-state index < -0.39 is 10.0 Å². The maximum absolute atomic E-state index is 12.6. The Morgan fingerprint density at radius 3 is 2.05 bits per heavy atom. The predicted octanol–water partition coefficient (Wildman–Crippen LogP) is 2.61. The van der Waals surface area contributed by atoms with Gasteiger partial charge in [0.05, 0.1) is 17.1 Å². The fourth-order valence-corrected chi connectivity index (χ4v) is 4.09. The van der Waals surface area contributed by atoms with Gasteiger partial charge in [-0.25, -0.2) is 8.42 Å². The van der Waals surface area contributed by atoms with Crippen molar-refractivity contribution in [3.05, 3.63) is 29.8 Å². The van der Waals surface area contributed by atoms with E-state index in [1.54, 1.807) is 12.1 Å². The zero-order chi connectivity index (χ0) is 14.9. The largest absolute Gasteiger partial charge is 0.373 e. The summed E-state index contributed by atoms with van der Waals surface area (Å²) in [6.45, 7) is 8.82. The predicted molar refractivity (Wildman–Crippen MR) is 79.3 cm³/mol. The molecule has 2 unspecified atom stereocenters. The van der Waals surface area contributed by atoms with Gasteiger partial charge in [-0.3, -0.25) is 0 Å². The van der Waals surface area contributed by atoms with Crippen LogP contribution in [-0.2, 0) is 14.8 Å². The molecule has 0 aromatic heterocycles. The Labute approximate surface area is 121 Å². The van der Waals surface area contributed by atoms with Crippen molar-refractivity contribution in [2.75, 3.05) is 13.1 Å². The third-order valence-electron chi connectivity index (χ3n) is 3.57. The Kier molecular flexibility index (Phi) is 4.52. The van der Waals surface area contributed by atoms with Crippen LogP contribution >= 0.6 is 0 Å². The fraction of sp³-hybridized carbons (Fsp3) is 0.600. The van der Waals surface area contributed by atoms with Gasteiger partial charge < -0.3 is 4.74 Å². The van der Waals surface area contributed by atoms with Gasteiger partial charge in [-0.15, -0.1) is 0 Å². The number of hydrogen-bond acceptors (Lipinski definition) is 3. The molecule has 1 aromatic rings. The summed E-state index contributed by atoms with van der Waals surface area (Å²) in [5, 5.41) is 0. The van der Waals surface area contributed by atoms with E-state index in [1.807, 2.05) is 26.0 Å². The minimum absolute atomic E-state index is 0.0662. The Bertz CT molecular complexity index is 541. The molecule has 0 spiro atoms. The SMILES string of the molecule is CC1CN(S(=O)(=O)c2ccc(C(C)C)cc2)CC(C)O1. The lowest BCUT2D eigenvalue weighted by Gasteiger charge is -2.34. The van der Waals surface area contributed by atoms with E-state index in [1.165, 1.54) is 4.31 Å². The Balaban J connectivity index is 2.25. The van der Waals surface area contributed by atoms with Crippen LogP contribution in [0, 0.1) is 0 Å². The molecule has 2 atom stereocenters. The van der Waals surface area contributed by atoms with Gasteiger partial charge >= 0.3 is 0 Å². The van der Waals surface area contributed by atoms with Crippen LogP contribution in [0.4, 0.5) is 0 Å². The molecular weight excluding hydrogens is 274 g/mol. The van der Waals surface area contributed by atoms with E-state index in [2.05, 4.69) is 13.8 Å². The molecule has 2 rings (SSSR count). The molecule has 5 heteroatoms. The quantitative estimate of drug-likeness (QED) is 0.861. The van der Waals surface area contributed by atoms with Crippen molar-refractivity contribution in [1.82, 2.24) is 4.31 Å². The lowest BCUT2D eigenvalue weighted by Crippen LogP contribution is -2.48. The van der Waals surface area contributed by atoms with Crippen LogP contribution in [0.2, 0.25) is 0 Å². The molecule has 1 aliphatic rings. The van der Waals surface area contributed by atoms with Crippen LogP contribution in [0.25, 0.3) is 0 Å². The van der Waals surface area contributed by atoms with Crippen molar-refractivity contribution in [3.8, 4) is 0 Å². The fourth-order valence-electron chi connectivity index (χ4n) is 2.50. The Morgan fingerprint density at radius 1 is 1.10 bits per heavy atom. The summed E-state index contributed by atoms with van der Waals surface area (Å²) in [5.41, 5.74) is 1.15. The molecule has 20 heavy (non-hydrogen) atoms.